The fraction of sp³-hybridized carbons (Fsp3) is 0.182. The second-order valence-electron chi connectivity index (χ2n) is 3.23. The number of phenolic OH excluding ortho intramolecular Hbond substituents is 1. The maximum atomic E-state index is 11.2. The number of carbonyl (C=O) groups excluding carboxylic acids is 1. The lowest BCUT2D eigenvalue weighted by molar-refractivity contribution is -0.116. The zero-order chi connectivity index (χ0) is 9.97. The number of hydrogen-bond donors (Lipinski definition) is 2. The molecule has 2 N–H and O–H groups in total. The van der Waals surface area contributed by atoms with Gasteiger partial charge in [0, 0.05) is 17.7 Å². The SMILES string of the molecule is O=C1NCC/C1=C/c1ccccc1O. The molecule has 3 nitrogen and oxygen atoms in total. The molecule has 1 fully saturated rings. The molecule has 1 aromatic rings. The molecule has 1 heterocycles. The molecule has 0 atom stereocenters. The lowest BCUT2D eigenvalue weighted by Gasteiger charge is -1.98. The van der Waals surface area contributed by atoms with Crippen LogP contribution in [0.15, 0.2) is 29.8 Å². The van der Waals surface area contributed by atoms with Crippen LogP contribution < -0.4 is 5.32 Å². The van der Waals surface area contributed by atoms with E-state index < -0.39 is 0 Å². The van der Waals surface area contributed by atoms with E-state index in [0.717, 1.165) is 12.0 Å². The third-order valence-electron chi connectivity index (χ3n) is 2.24. The van der Waals surface area contributed by atoms with E-state index in [2.05, 4.69) is 5.32 Å². The Labute approximate surface area is 82.1 Å². The summed E-state index contributed by atoms with van der Waals surface area (Å²) in [5.74, 6) is 0.174. The first kappa shape index (κ1) is 8.81. The zero-order valence-corrected chi connectivity index (χ0v) is 7.66. The van der Waals surface area contributed by atoms with Gasteiger partial charge in [0.25, 0.3) is 0 Å². The minimum absolute atomic E-state index is 0.0340. The molecule has 0 saturated carbocycles. The number of hydrogen-bond acceptors (Lipinski definition) is 2. The summed E-state index contributed by atoms with van der Waals surface area (Å²) < 4.78 is 0. The highest BCUT2D eigenvalue weighted by molar-refractivity contribution is 6.00. The lowest BCUT2D eigenvalue weighted by Crippen LogP contribution is -2.13. The molecule has 0 aromatic heterocycles. The van der Waals surface area contributed by atoms with Gasteiger partial charge >= 0.3 is 0 Å². The average molecular weight is 189 g/mol. The van der Waals surface area contributed by atoms with Crippen LogP contribution in [0.3, 0.4) is 0 Å². The first-order chi connectivity index (χ1) is 6.77. The van der Waals surface area contributed by atoms with Gasteiger partial charge in [-0.3, -0.25) is 4.79 Å². The molecule has 1 amide bonds. The van der Waals surface area contributed by atoms with Crippen LogP contribution in [-0.4, -0.2) is 17.6 Å². The number of para-hydroxylation sites is 1. The topological polar surface area (TPSA) is 49.3 Å². The predicted molar refractivity (Wildman–Crippen MR) is 53.7 cm³/mol. The van der Waals surface area contributed by atoms with Gasteiger partial charge < -0.3 is 10.4 Å². The Morgan fingerprint density at radius 2 is 2.14 bits per heavy atom. The van der Waals surface area contributed by atoms with E-state index in [1.54, 1.807) is 24.3 Å². The normalized spacial score (nSPS) is 18.6. The van der Waals surface area contributed by atoms with Gasteiger partial charge in [-0.1, -0.05) is 18.2 Å². The third kappa shape index (κ3) is 1.62. The number of rotatable bonds is 1. The van der Waals surface area contributed by atoms with Crippen molar-refractivity contribution >= 4 is 12.0 Å². The van der Waals surface area contributed by atoms with Gasteiger partial charge in [0.15, 0.2) is 0 Å². The van der Waals surface area contributed by atoms with Crippen LogP contribution >= 0.6 is 0 Å². The summed E-state index contributed by atoms with van der Waals surface area (Å²) in [4.78, 5) is 11.2. The quantitative estimate of drug-likeness (QED) is 0.654. The molecule has 0 spiro atoms. The van der Waals surface area contributed by atoms with Crippen molar-refractivity contribution in [3.63, 3.8) is 0 Å². The van der Waals surface area contributed by atoms with E-state index in [9.17, 15) is 9.90 Å². The van der Waals surface area contributed by atoms with Crippen molar-refractivity contribution in [2.45, 2.75) is 6.42 Å². The maximum absolute atomic E-state index is 11.2. The summed E-state index contributed by atoms with van der Waals surface area (Å²) in [6.07, 6.45) is 2.46. The largest absolute Gasteiger partial charge is 0.507 e. The molecular formula is C11H11NO2. The molecule has 3 heteroatoms. The summed E-state index contributed by atoms with van der Waals surface area (Å²) >= 11 is 0. The summed E-state index contributed by atoms with van der Waals surface area (Å²) in [5.41, 5.74) is 1.42. The predicted octanol–water partition coefficient (Wildman–Crippen LogP) is 1.30. The smallest absolute Gasteiger partial charge is 0.247 e. The van der Waals surface area contributed by atoms with Crippen molar-refractivity contribution in [3.8, 4) is 5.75 Å². The van der Waals surface area contributed by atoms with Crippen molar-refractivity contribution < 1.29 is 9.90 Å². The molecule has 0 radical (unpaired) electrons. The Balaban J connectivity index is 2.33. The summed E-state index contributed by atoms with van der Waals surface area (Å²) in [5, 5.41) is 12.2. The van der Waals surface area contributed by atoms with Crippen LogP contribution in [0, 0.1) is 0 Å². The first-order valence-electron chi connectivity index (χ1n) is 4.54. The van der Waals surface area contributed by atoms with Gasteiger partial charge in [0.05, 0.1) is 0 Å². The monoisotopic (exact) mass is 189 g/mol. The summed E-state index contributed by atoms with van der Waals surface area (Å²) in [6, 6.07) is 6.98. The van der Waals surface area contributed by atoms with Crippen LogP contribution in [0.5, 0.6) is 5.75 Å². The molecule has 0 aliphatic carbocycles. The van der Waals surface area contributed by atoms with Crippen molar-refractivity contribution in [1.82, 2.24) is 5.32 Å². The maximum Gasteiger partial charge on any atom is 0.247 e. The van der Waals surface area contributed by atoms with Crippen molar-refractivity contribution in [1.29, 1.82) is 0 Å². The van der Waals surface area contributed by atoms with E-state index >= 15 is 0 Å². The van der Waals surface area contributed by atoms with E-state index in [1.807, 2.05) is 6.07 Å². The number of benzene rings is 1. The number of nitrogens with one attached hydrogen (secondary N) is 1. The highest BCUT2D eigenvalue weighted by Crippen LogP contribution is 2.21. The molecule has 0 unspecified atom stereocenters. The van der Waals surface area contributed by atoms with Crippen LogP contribution in [0.1, 0.15) is 12.0 Å². The lowest BCUT2D eigenvalue weighted by atomic mass is 10.1. The van der Waals surface area contributed by atoms with E-state index in [-0.39, 0.29) is 11.7 Å². The van der Waals surface area contributed by atoms with Gasteiger partial charge in [-0.15, -0.1) is 0 Å². The first-order valence-corrected chi connectivity index (χ1v) is 4.54. The van der Waals surface area contributed by atoms with Gasteiger partial charge in [-0.25, -0.2) is 0 Å². The summed E-state index contributed by atoms with van der Waals surface area (Å²) in [7, 11) is 0. The van der Waals surface area contributed by atoms with Gasteiger partial charge in [0.2, 0.25) is 5.91 Å². The third-order valence-corrected chi connectivity index (χ3v) is 2.24. The minimum Gasteiger partial charge on any atom is -0.507 e. The zero-order valence-electron chi connectivity index (χ0n) is 7.66. The number of phenols is 1. The Morgan fingerprint density at radius 3 is 2.79 bits per heavy atom. The van der Waals surface area contributed by atoms with Crippen LogP contribution in [0.25, 0.3) is 6.08 Å². The number of amides is 1. The molecular weight excluding hydrogens is 178 g/mol. The molecule has 1 aliphatic rings. The van der Waals surface area contributed by atoms with Crippen LogP contribution in [-0.2, 0) is 4.79 Å². The van der Waals surface area contributed by atoms with Gasteiger partial charge in [-0.05, 0) is 18.6 Å². The van der Waals surface area contributed by atoms with Crippen molar-refractivity contribution in [3.05, 3.63) is 35.4 Å². The van der Waals surface area contributed by atoms with Crippen molar-refractivity contribution in [2.24, 2.45) is 0 Å². The van der Waals surface area contributed by atoms with Crippen molar-refractivity contribution in [2.75, 3.05) is 6.54 Å². The molecule has 72 valence electrons. The molecule has 0 bridgehead atoms. The number of aromatic hydroxyl groups is 1. The standard InChI is InChI=1S/C11H11NO2/c13-10-4-2-1-3-8(10)7-9-5-6-12-11(9)14/h1-4,7,13H,5-6H2,(H,12,14)/b9-7-. The van der Waals surface area contributed by atoms with E-state index in [0.29, 0.717) is 12.1 Å². The second kappa shape index (κ2) is 3.54. The molecule has 1 saturated heterocycles. The minimum atomic E-state index is -0.0340. The Kier molecular flexibility index (Phi) is 2.23. The molecule has 14 heavy (non-hydrogen) atoms. The van der Waals surface area contributed by atoms with E-state index in [1.165, 1.54) is 0 Å². The summed E-state index contributed by atoms with van der Waals surface area (Å²) in [6.45, 7) is 0.693. The fourth-order valence-electron chi connectivity index (χ4n) is 1.47. The second-order valence-corrected chi connectivity index (χ2v) is 3.23. The molecule has 1 aromatic carbocycles. The fourth-order valence-corrected chi connectivity index (χ4v) is 1.47. The van der Waals surface area contributed by atoms with Gasteiger partial charge in [0.1, 0.15) is 5.75 Å². The molecule has 1 aliphatic heterocycles. The number of carbonyl (C=O) groups is 1. The molecule has 2 rings (SSSR count). The van der Waals surface area contributed by atoms with Crippen LogP contribution in [0.4, 0.5) is 0 Å². The highest BCUT2D eigenvalue weighted by atomic mass is 16.3. The average Bonchev–Trinajstić information content (AvgIpc) is 2.56. The Hall–Kier alpha value is -1.77. The van der Waals surface area contributed by atoms with Gasteiger partial charge in [-0.2, -0.15) is 0 Å². The Bertz CT molecular complexity index is 396. The Morgan fingerprint density at radius 1 is 1.36 bits per heavy atom. The van der Waals surface area contributed by atoms with E-state index in [4.69, 9.17) is 0 Å². The van der Waals surface area contributed by atoms with Crippen LogP contribution in [0.2, 0.25) is 0 Å². The highest BCUT2D eigenvalue weighted by Gasteiger charge is 2.15.